The summed E-state index contributed by atoms with van der Waals surface area (Å²) in [6.07, 6.45) is 0. The van der Waals surface area contributed by atoms with E-state index in [2.05, 4.69) is 206 Å². The molecular formula is C54H34. The van der Waals surface area contributed by atoms with Crippen molar-refractivity contribution in [1.82, 2.24) is 0 Å². The first-order valence-electron chi connectivity index (χ1n) is 18.8. The van der Waals surface area contributed by atoms with Crippen LogP contribution in [0.3, 0.4) is 0 Å². The molecule has 0 bridgehead atoms. The van der Waals surface area contributed by atoms with Crippen LogP contribution in [0.2, 0.25) is 0 Å². The van der Waals surface area contributed by atoms with E-state index in [4.69, 9.17) is 0 Å². The lowest BCUT2D eigenvalue weighted by molar-refractivity contribution is 1.62. The third kappa shape index (κ3) is 4.85. The second kappa shape index (κ2) is 12.3. The minimum atomic E-state index is 1.22. The van der Waals surface area contributed by atoms with Crippen LogP contribution in [0.5, 0.6) is 0 Å². The van der Waals surface area contributed by atoms with Crippen molar-refractivity contribution in [1.29, 1.82) is 0 Å². The molecule has 0 aliphatic carbocycles. The molecule has 0 radical (unpaired) electrons. The number of hydrogen-bond acceptors (Lipinski definition) is 0. The fourth-order valence-corrected chi connectivity index (χ4v) is 8.89. The number of fused-ring (bicyclic) bond motifs is 8. The van der Waals surface area contributed by atoms with Gasteiger partial charge >= 0.3 is 0 Å². The van der Waals surface area contributed by atoms with Crippen LogP contribution in [-0.4, -0.2) is 0 Å². The van der Waals surface area contributed by atoms with Crippen LogP contribution in [0.15, 0.2) is 206 Å². The molecule has 0 aromatic heterocycles. The topological polar surface area (TPSA) is 0 Å². The van der Waals surface area contributed by atoms with Gasteiger partial charge in [-0.05, 0) is 121 Å². The van der Waals surface area contributed by atoms with Gasteiger partial charge in [0.1, 0.15) is 0 Å². The van der Waals surface area contributed by atoms with Gasteiger partial charge in [-0.1, -0.05) is 194 Å². The Bertz CT molecular complexity index is 3250. The van der Waals surface area contributed by atoms with Gasteiger partial charge in [0.15, 0.2) is 0 Å². The molecule has 11 rings (SSSR count). The van der Waals surface area contributed by atoms with Crippen LogP contribution in [0, 0.1) is 0 Å². The summed E-state index contributed by atoms with van der Waals surface area (Å²) >= 11 is 0. The first-order chi connectivity index (χ1) is 26.8. The molecule has 54 heavy (non-hydrogen) atoms. The number of rotatable bonds is 4. The number of benzene rings is 11. The first kappa shape index (κ1) is 30.6. The second-order valence-electron chi connectivity index (χ2n) is 14.4. The van der Waals surface area contributed by atoms with E-state index in [-0.39, 0.29) is 0 Å². The molecule has 0 aliphatic heterocycles. The average Bonchev–Trinajstić information content (AvgIpc) is 3.25. The normalized spacial score (nSPS) is 11.7. The second-order valence-corrected chi connectivity index (χ2v) is 14.4. The summed E-state index contributed by atoms with van der Waals surface area (Å²) in [5.74, 6) is 0. The Labute approximate surface area is 314 Å². The Kier molecular flexibility index (Phi) is 6.97. The quantitative estimate of drug-likeness (QED) is 0.128. The maximum absolute atomic E-state index is 2.39. The van der Waals surface area contributed by atoms with Gasteiger partial charge < -0.3 is 0 Å². The van der Waals surface area contributed by atoms with Crippen molar-refractivity contribution < 1.29 is 0 Å². The highest BCUT2D eigenvalue weighted by Gasteiger charge is 2.19. The van der Waals surface area contributed by atoms with Crippen molar-refractivity contribution in [2.75, 3.05) is 0 Å². The Hall–Kier alpha value is -7.02. The third-order valence-electron chi connectivity index (χ3n) is 11.4. The minimum Gasteiger partial charge on any atom is -0.0616 e. The summed E-state index contributed by atoms with van der Waals surface area (Å²) < 4.78 is 0. The molecule has 0 nitrogen and oxygen atoms in total. The molecule has 11 aromatic rings. The summed E-state index contributed by atoms with van der Waals surface area (Å²) in [5.41, 5.74) is 9.92. The van der Waals surface area contributed by atoms with Gasteiger partial charge in [0.2, 0.25) is 0 Å². The van der Waals surface area contributed by atoms with Crippen molar-refractivity contribution in [3.05, 3.63) is 206 Å². The Morgan fingerprint density at radius 3 is 1.46 bits per heavy atom. The van der Waals surface area contributed by atoms with E-state index in [1.54, 1.807) is 0 Å². The third-order valence-corrected chi connectivity index (χ3v) is 11.4. The van der Waals surface area contributed by atoms with E-state index >= 15 is 0 Å². The fraction of sp³-hybridized carbons (Fsp3) is 0. The van der Waals surface area contributed by atoms with Crippen LogP contribution < -0.4 is 0 Å². The van der Waals surface area contributed by atoms with E-state index in [0.29, 0.717) is 0 Å². The predicted octanol–water partition coefficient (Wildman–Crippen LogP) is 15.3. The standard InChI is InChI=1S/C54H34/c1-4-17-44-35(11-1)14-10-22-45(44)38-25-28-40(29-26-38)53-49-21-8-7-20-48(49)52(50-32-31-37-13-3-6-19-47(37)54(50)53)43-16-9-15-41(33-43)42-30-27-39-24-23-36-12-2-5-18-46(36)51(39)34-42/h1-34H. The van der Waals surface area contributed by atoms with Crippen molar-refractivity contribution >= 4 is 64.6 Å². The van der Waals surface area contributed by atoms with E-state index in [0.717, 1.165) is 0 Å². The zero-order chi connectivity index (χ0) is 35.6. The molecule has 0 heteroatoms. The predicted molar refractivity (Wildman–Crippen MR) is 233 cm³/mol. The Morgan fingerprint density at radius 1 is 0.204 bits per heavy atom. The lowest BCUT2D eigenvalue weighted by atomic mass is 9.83. The van der Waals surface area contributed by atoms with Crippen molar-refractivity contribution in [2.45, 2.75) is 0 Å². The van der Waals surface area contributed by atoms with Crippen molar-refractivity contribution in [2.24, 2.45) is 0 Å². The smallest absolute Gasteiger partial charge is 0.00141 e. The Morgan fingerprint density at radius 2 is 0.685 bits per heavy atom. The van der Waals surface area contributed by atoms with Crippen LogP contribution in [0.25, 0.3) is 109 Å². The van der Waals surface area contributed by atoms with Gasteiger partial charge in [-0.15, -0.1) is 0 Å². The van der Waals surface area contributed by atoms with E-state index in [1.807, 2.05) is 0 Å². The van der Waals surface area contributed by atoms with Crippen molar-refractivity contribution in [3.8, 4) is 44.5 Å². The highest BCUT2D eigenvalue weighted by atomic mass is 14.2. The monoisotopic (exact) mass is 682 g/mol. The molecule has 11 aromatic carbocycles. The molecule has 0 heterocycles. The largest absolute Gasteiger partial charge is 0.0616 e. The molecule has 0 aliphatic rings. The lowest BCUT2D eigenvalue weighted by Crippen LogP contribution is -1.92. The average molecular weight is 683 g/mol. The minimum absolute atomic E-state index is 1.22. The highest BCUT2D eigenvalue weighted by Crippen LogP contribution is 2.47. The summed E-state index contributed by atoms with van der Waals surface area (Å²) in [4.78, 5) is 0. The highest BCUT2D eigenvalue weighted by molar-refractivity contribution is 6.28. The van der Waals surface area contributed by atoms with Crippen LogP contribution in [-0.2, 0) is 0 Å². The van der Waals surface area contributed by atoms with E-state index in [1.165, 1.54) is 109 Å². The molecule has 0 saturated heterocycles. The molecule has 0 fully saturated rings. The maximum atomic E-state index is 2.39. The van der Waals surface area contributed by atoms with E-state index in [9.17, 15) is 0 Å². The molecule has 250 valence electrons. The molecule has 0 N–H and O–H groups in total. The SMILES string of the molecule is c1cc(-c2ccc3ccc4ccccc4c3c2)cc(-c2c3ccccc3c(-c3ccc(-c4cccc5ccccc45)cc3)c3c2ccc2ccccc23)c1. The summed E-state index contributed by atoms with van der Waals surface area (Å²) in [5, 5.41) is 15.2. The van der Waals surface area contributed by atoms with Gasteiger partial charge in [-0.25, -0.2) is 0 Å². The summed E-state index contributed by atoms with van der Waals surface area (Å²) in [6, 6.07) is 76.2. The van der Waals surface area contributed by atoms with Gasteiger partial charge in [-0.3, -0.25) is 0 Å². The van der Waals surface area contributed by atoms with Gasteiger partial charge in [0, 0.05) is 0 Å². The zero-order valence-corrected chi connectivity index (χ0v) is 29.6. The van der Waals surface area contributed by atoms with Crippen LogP contribution in [0.1, 0.15) is 0 Å². The van der Waals surface area contributed by atoms with Crippen molar-refractivity contribution in [3.63, 3.8) is 0 Å². The van der Waals surface area contributed by atoms with Gasteiger partial charge in [0.25, 0.3) is 0 Å². The van der Waals surface area contributed by atoms with Gasteiger partial charge in [-0.2, -0.15) is 0 Å². The molecule has 0 amide bonds. The maximum Gasteiger partial charge on any atom is -0.00141 e. The number of hydrogen-bond donors (Lipinski definition) is 0. The zero-order valence-electron chi connectivity index (χ0n) is 29.6. The summed E-state index contributed by atoms with van der Waals surface area (Å²) in [7, 11) is 0. The lowest BCUT2D eigenvalue weighted by Gasteiger charge is -2.20. The van der Waals surface area contributed by atoms with E-state index < -0.39 is 0 Å². The molecule has 0 spiro atoms. The van der Waals surface area contributed by atoms with Crippen LogP contribution in [0.4, 0.5) is 0 Å². The van der Waals surface area contributed by atoms with Gasteiger partial charge in [0.05, 0.1) is 0 Å². The summed E-state index contributed by atoms with van der Waals surface area (Å²) in [6.45, 7) is 0. The molecule has 0 atom stereocenters. The molecule has 0 unspecified atom stereocenters. The molecular weight excluding hydrogens is 649 g/mol. The first-order valence-corrected chi connectivity index (χ1v) is 18.8. The molecule has 0 saturated carbocycles. The fourth-order valence-electron chi connectivity index (χ4n) is 8.89. The Balaban J connectivity index is 1.14. The van der Waals surface area contributed by atoms with Crippen LogP contribution >= 0.6 is 0 Å².